The Labute approximate surface area is 175 Å². The summed E-state index contributed by atoms with van der Waals surface area (Å²) in [5.74, 6) is 2.12. The van der Waals surface area contributed by atoms with Gasteiger partial charge in [-0.25, -0.2) is 9.97 Å². The summed E-state index contributed by atoms with van der Waals surface area (Å²) in [6, 6.07) is 7.17. The lowest BCUT2D eigenvalue weighted by Gasteiger charge is -2.36. The molecule has 1 amide bonds. The van der Waals surface area contributed by atoms with Crippen molar-refractivity contribution in [3.8, 4) is 11.5 Å². The molecule has 2 unspecified atom stereocenters. The molecule has 8 nitrogen and oxygen atoms in total. The molecule has 1 aliphatic rings. The van der Waals surface area contributed by atoms with Crippen LogP contribution in [0.5, 0.6) is 11.5 Å². The van der Waals surface area contributed by atoms with Gasteiger partial charge in [-0.15, -0.1) is 0 Å². The van der Waals surface area contributed by atoms with E-state index in [1.807, 2.05) is 6.07 Å². The van der Waals surface area contributed by atoms with Gasteiger partial charge in [0.15, 0.2) is 0 Å². The third-order valence-electron chi connectivity index (χ3n) is 4.40. The molecule has 0 saturated carbocycles. The van der Waals surface area contributed by atoms with E-state index >= 15 is 0 Å². The number of methoxy groups -OCH3 is 2. The number of rotatable bonds is 7. The summed E-state index contributed by atoms with van der Waals surface area (Å²) in [5, 5.41) is 3.61. The molecule has 1 saturated heterocycles. The van der Waals surface area contributed by atoms with E-state index in [4.69, 9.17) is 14.2 Å². The average Bonchev–Trinajstić information content (AvgIpc) is 2.71. The molecule has 9 heteroatoms. The molecule has 0 aliphatic carbocycles. The number of benzene rings is 1. The van der Waals surface area contributed by atoms with Crippen molar-refractivity contribution in [3.05, 3.63) is 30.6 Å². The normalized spacial score (nSPS) is 19.0. The SMILES string of the molecule is COc1ccc(OC)c(NC(=O)CSc2cc(N3CC(C)OC(C)C3)ncn2)c1. The smallest absolute Gasteiger partial charge is 0.234 e. The third-order valence-corrected chi connectivity index (χ3v) is 5.33. The summed E-state index contributed by atoms with van der Waals surface area (Å²) >= 11 is 1.36. The Morgan fingerprint density at radius 1 is 1.21 bits per heavy atom. The fourth-order valence-corrected chi connectivity index (χ4v) is 3.85. The molecule has 1 aliphatic heterocycles. The first-order chi connectivity index (χ1) is 14.0. The maximum atomic E-state index is 12.4. The number of ether oxygens (including phenoxy) is 3. The molecule has 2 aromatic rings. The number of nitrogens with one attached hydrogen (secondary N) is 1. The van der Waals surface area contributed by atoms with Crippen LogP contribution in [0.3, 0.4) is 0 Å². The van der Waals surface area contributed by atoms with Gasteiger partial charge in [0.1, 0.15) is 28.7 Å². The van der Waals surface area contributed by atoms with Crippen molar-refractivity contribution in [2.75, 3.05) is 43.3 Å². The summed E-state index contributed by atoms with van der Waals surface area (Å²) < 4.78 is 16.3. The first-order valence-corrected chi connectivity index (χ1v) is 10.3. The second-order valence-electron chi connectivity index (χ2n) is 6.78. The zero-order valence-corrected chi connectivity index (χ0v) is 17.9. The van der Waals surface area contributed by atoms with Gasteiger partial charge in [-0.3, -0.25) is 4.79 Å². The number of aromatic nitrogens is 2. The van der Waals surface area contributed by atoms with Gasteiger partial charge >= 0.3 is 0 Å². The lowest BCUT2D eigenvalue weighted by molar-refractivity contribution is -0.113. The summed E-state index contributed by atoms with van der Waals surface area (Å²) in [6.45, 7) is 5.66. The second-order valence-corrected chi connectivity index (χ2v) is 7.78. The summed E-state index contributed by atoms with van der Waals surface area (Å²) in [7, 11) is 3.13. The van der Waals surface area contributed by atoms with Crippen LogP contribution in [0.4, 0.5) is 11.5 Å². The van der Waals surface area contributed by atoms with E-state index in [-0.39, 0.29) is 23.9 Å². The molecule has 0 radical (unpaired) electrons. The molecule has 1 fully saturated rings. The minimum Gasteiger partial charge on any atom is -0.497 e. The van der Waals surface area contributed by atoms with Gasteiger partial charge in [0, 0.05) is 25.2 Å². The van der Waals surface area contributed by atoms with Crippen molar-refractivity contribution in [3.63, 3.8) is 0 Å². The van der Waals surface area contributed by atoms with Crippen LogP contribution in [0, 0.1) is 0 Å². The predicted octanol–water partition coefficient (Wildman–Crippen LogP) is 2.84. The fraction of sp³-hybridized carbons (Fsp3) is 0.450. The highest BCUT2D eigenvalue weighted by atomic mass is 32.2. The van der Waals surface area contributed by atoms with E-state index in [0.29, 0.717) is 17.2 Å². The monoisotopic (exact) mass is 418 g/mol. The first kappa shape index (κ1) is 21.2. The predicted molar refractivity (Wildman–Crippen MR) is 113 cm³/mol. The second kappa shape index (κ2) is 9.80. The Kier molecular flexibility index (Phi) is 7.16. The molecule has 2 atom stereocenters. The summed E-state index contributed by atoms with van der Waals surface area (Å²) in [5.41, 5.74) is 0.567. The van der Waals surface area contributed by atoms with Crippen LogP contribution < -0.4 is 19.7 Å². The largest absolute Gasteiger partial charge is 0.497 e. The molecule has 3 rings (SSSR count). The Hall–Kier alpha value is -2.52. The van der Waals surface area contributed by atoms with E-state index in [1.54, 1.807) is 32.4 Å². The standard InChI is InChI=1S/C20H26N4O4S/c1-13-9-24(10-14(2)28-13)18-8-20(22-12-21-18)29-11-19(25)23-16-7-15(26-3)5-6-17(16)27-4/h5-8,12-14H,9-11H2,1-4H3,(H,23,25). The number of carbonyl (C=O) groups excluding carboxylic acids is 1. The van der Waals surface area contributed by atoms with Crippen molar-refractivity contribution >= 4 is 29.2 Å². The van der Waals surface area contributed by atoms with E-state index in [9.17, 15) is 4.79 Å². The molecule has 156 valence electrons. The molecular weight excluding hydrogens is 392 g/mol. The van der Waals surface area contributed by atoms with Crippen LogP contribution in [-0.2, 0) is 9.53 Å². The molecule has 1 aromatic heterocycles. The van der Waals surface area contributed by atoms with Gasteiger partial charge in [-0.2, -0.15) is 0 Å². The Morgan fingerprint density at radius 2 is 1.97 bits per heavy atom. The number of anilines is 2. The van der Waals surface area contributed by atoms with Gasteiger partial charge in [-0.05, 0) is 26.0 Å². The fourth-order valence-electron chi connectivity index (χ4n) is 3.18. The minimum absolute atomic E-state index is 0.147. The van der Waals surface area contributed by atoms with Gasteiger partial charge in [0.25, 0.3) is 0 Å². The highest BCUT2D eigenvalue weighted by Crippen LogP contribution is 2.29. The zero-order valence-electron chi connectivity index (χ0n) is 17.0. The average molecular weight is 419 g/mol. The lowest BCUT2D eigenvalue weighted by atomic mass is 10.2. The number of hydrogen-bond acceptors (Lipinski definition) is 8. The number of thioether (sulfide) groups is 1. The molecule has 1 N–H and O–H groups in total. The molecule has 0 bridgehead atoms. The van der Waals surface area contributed by atoms with E-state index < -0.39 is 0 Å². The van der Waals surface area contributed by atoms with E-state index in [2.05, 4.69) is 34.0 Å². The quantitative estimate of drug-likeness (QED) is 0.543. The van der Waals surface area contributed by atoms with Crippen LogP contribution >= 0.6 is 11.8 Å². The minimum atomic E-state index is -0.157. The van der Waals surface area contributed by atoms with Crippen LogP contribution in [-0.4, -0.2) is 61.1 Å². The van der Waals surface area contributed by atoms with Gasteiger partial charge in [0.05, 0.1) is 37.9 Å². The van der Waals surface area contributed by atoms with Crippen LogP contribution in [0.25, 0.3) is 0 Å². The van der Waals surface area contributed by atoms with Crippen LogP contribution in [0.15, 0.2) is 35.6 Å². The maximum absolute atomic E-state index is 12.4. The maximum Gasteiger partial charge on any atom is 0.234 e. The topological polar surface area (TPSA) is 85.8 Å². The van der Waals surface area contributed by atoms with E-state index in [0.717, 1.165) is 23.9 Å². The highest BCUT2D eigenvalue weighted by Gasteiger charge is 2.23. The molecule has 0 spiro atoms. The van der Waals surface area contributed by atoms with Crippen molar-refractivity contribution in [1.82, 2.24) is 9.97 Å². The van der Waals surface area contributed by atoms with Crippen molar-refractivity contribution in [2.45, 2.75) is 31.1 Å². The van der Waals surface area contributed by atoms with E-state index in [1.165, 1.54) is 18.1 Å². The summed E-state index contributed by atoms with van der Waals surface area (Å²) in [6.07, 6.45) is 1.83. The Balaban J connectivity index is 1.61. The van der Waals surface area contributed by atoms with Gasteiger partial charge < -0.3 is 24.4 Å². The van der Waals surface area contributed by atoms with Crippen molar-refractivity contribution in [2.24, 2.45) is 0 Å². The van der Waals surface area contributed by atoms with Crippen molar-refractivity contribution < 1.29 is 19.0 Å². The third kappa shape index (κ3) is 5.74. The Bertz CT molecular complexity index is 841. The van der Waals surface area contributed by atoms with Crippen molar-refractivity contribution in [1.29, 1.82) is 0 Å². The molecule has 2 heterocycles. The van der Waals surface area contributed by atoms with Gasteiger partial charge in [-0.1, -0.05) is 11.8 Å². The zero-order chi connectivity index (χ0) is 20.8. The lowest BCUT2D eigenvalue weighted by Crippen LogP contribution is -2.45. The van der Waals surface area contributed by atoms with Crippen LogP contribution in [0.1, 0.15) is 13.8 Å². The Morgan fingerprint density at radius 3 is 2.66 bits per heavy atom. The number of carbonyl (C=O) groups is 1. The molecule has 1 aromatic carbocycles. The highest BCUT2D eigenvalue weighted by molar-refractivity contribution is 7.99. The molecular formula is C20H26N4O4S. The number of nitrogens with zero attached hydrogens (tertiary/aromatic N) is 3. The number of morpholine rings is 1. The number of amides is 1. The molecule has 29 heavy (non-hydrogen) atoms. The number of hydrogen-bond donors (Lipinski definition) is 1. The van der Waals surface area contributed by atoms with Crippen LogP contribution in [0.2, 0.25) is 0 Å². The van der Waals surface area contributed by atoms with Gasteiger partial charge in [0.2, 0.25) is 5.91 Å². The summed E-state index contributed by atoms with van der Waals surface area (Å²) in [4.78, 5) is 23.3. The first-order valence-electron chi connectivity index (χ1n) is 9.35.